The minimum atomic E-state index is 0.147. The van der Waals surface area contributed by atoms with Gasteiger partial charge in [-0.2, -0.15) is 0 Å². The summed E-state index contributed by atoms with van der Waals surface area (Å²) in [5.41, 5.74) is 3.29. The molecule has 1 aromatic heterocycles. The van der Waals surface area contributed by atoms with Gasteiger partial charge in [0.1, 0.15) is 5.82 Å². The molecule has 0 fully saturated rings. The van der Waals surface area contributed by atoms with Crippen LogP contribution in [0.2, 0.25) is 0 Å². The Balaban J connectivity index is 1.90. The number of hydrogen-bond donors (Lipinski definition) is 1. The molecule has 0 aliphatic carbocycles. The molecule has 0 spiro atoms. The van der Waals surface area contributed by atoms with Crippen molar-refractivity contribution < 1.29 is 0 Å². The Labute approximate surface area is 126 Å². The molecule has 4 heteroatoms. The van der Waals surface area contributed by atoms with Crippen molar-refractivity contribution in [3.63, 3.8) is 0 Å². The van der Waals surface area contributed by atoms with E-state index in [0.717, 1.165) is 27.0 Å². The van der Waals surface area contributed by atoms with Gasteiger partial charge >= 0.3 is 0 Å². The van der Waals surface area contributed by atoms with E-state index in [4.69, 9.17) is 4.98 Å². The first-order valence-corrected chi connectivity index (χ1v) is 7.38. The van der Waals surface area contributed by atoms with Crippen LogP contribution in [0.4, 0.5) is 5.69 Å². The largest absolute Gasteiger partial charge is 0.375 e. The van der Waals surface area contributed by atoms with E-state index in [1.165, 1.54) is 0 Å². The zero-order chi connectivity index (χ0) is 14.1. The van der Waals surface area contributed by atoms with Gasteiger partial charge in [0.15, 0.2) is 0 Å². The van der Waals surface area contributed by atoms with Crippen LogP contribution in [-0.2, 0) is 7.05 Å². The molecule has 0 saturated heterocycles. The molecule has 0 saturated carbocycles. The molecule has 3 nitrogen and oxygen atoms in total. The topological polar surface area (TPSA) is 29.9 Å². The summed E-state index contributed by atoms with van der Waals surface area (Å²) in [4.78, 5) is 4.72. The van der Waals surface area contributed by atoms with Gasteiger partial charge in [-0.15, -0.1) is 0 Å². The number of rotatable bonds is 3. The molecule has 0 amide bonds. The molecule has 1 atom stereocenters. The van der Waals surface area contributed by atoms with Crippen LogP contribution in [-0.4, -0.2) is 9.55 Å². The maximum atomic E-state index is 4.72. The molecule has 102 valence electrons. The quantitative estimate of drug-likeness (QED) is 0.766. The van der Waals surface area contributed by atoms with Crippen LogP contribution in [0, 0.1) is 0 Å². The van der Waals surface area contributed by atoms with Crippen LogP contribution in [0.15, 0.2) is 53.0 Å². The molecular weight excluding hydrogens is 314 g/mol. The standard InChI is InChI=1S/C16H16BrN3/c1-11(18-13-9-7-12(17)8-10-13)16-19-14-5-3-4-6-15(14)20(16)2/h3-11,18H,1-2H3. The number of para-hydroxylation sites is 2. The Bertz CT molecular complexity index is 731. The van der Waals surface area contributed by atoms with Gasteiger partial charge in [0, 0.05) is 17.2 Å². The summed E-state index contributed by atoms with van der Waals surface area (Å²) >= 11 is 3.45. The smallest absolute Gasteiger partial charge is 0.131 e. The first kappa shape index (κ1) is 13.2. The van der Waals surface area contributed by atoms with E-state index in [9.17, 15) is 0 Å². The third-order valence-electron chi connectivity index (χ3n) is 3.44. The van der Waals surface area contributed by atoms with Crippen molar-refractivity contribution in [3.05, 3.63) is 58.8 Å². The van der Waals surface area contributed by atoms with Crippen LogP contribution in [0.25, 0.3) is 11.0 Å². The number of hydrogen-bond acceptors (Lipinski definition) is 2. The third-order valence-corrected chi connectivity index (χ3v) is 3.97. The first-order valence-electron chi connectivity index (χ1n) is 6.58. The Kier molecular flexibility index (Phi) is 3.49. The van der Waals surface area contributed by atoms with Gasteiger partial charge in [-0.3, -0.25) is 0 Å². The van der Waals surface area contributed by atoms with Crippen molar-refractivity contribution in [1.29, 1.82) is 0 Å². The van der Waals surface area contributed by atoms with Gasteiger partial charge in [0.2, 0.25) is 0 Å². The lowest BCUT2D eigenvalue weighted by Crippen LogP contribution is -2.11. The van der Waals surface area contributed by atoms with Crippen LogP contribution in [0.3, 0.4) is 0 Å². The monoisotopic (exact) mass is 329 g/mol. The third kappa shape index (κ3) is 2.43. The highest BCUT2D eigenvalue weighted by atomic mass is 79.9. The van der Waals surface area contributed by atoms with Gasteiger partial charge in [-0.1, -0.05) is 28.1 Å². The number of halogens is 1. The van der Waals surface area contributed by atoms with Crippen molar-refractivity contribution in [2.24, 2.45) is 7.05 Å². The van der Waals surface area contributed by atoms with Crippen molar-refractivity contribution in [2.75, 3.05) is 5.32 Å². The van der Waals surface area contributed by atoms with Crippen molar-refractivity contribution >= 4 is 32.7 Å². The summed E-state index contributed by atoms with van der Waals surface area (Å²) in [7, 11) is 2.06. The van der Waals surface area contributed by atoms with Gasteiger partial charge < -0.3 is 9.88 Å². The SMILES string of the molecule is CC(Nc1ccc(Br)cc1)c1nc2ccccc2n1C. The molecule has 3 rings (SSSR count). The second kappa shape index (κ2) is 5.29. The highest BCUT2D eigenvalue weighted by molar-refractivity contribution is 9.10. The first-order chi connectivity index (χ1) is 9.65. The number of aromatic nitrogens is 2. The van der Waals surface area contributed by atoms with Gasteiger partial charge in [0.25, 0.3) is 0 Å². The Hall–Kier alpha value is -1.81. The van der Waals surface area contributed by atoms with E-state index in [2.05, 4.69) is 58.0 Å². The molecule has 1 heterocycles. The summed E-state index contributed by atoms with van der Waals surface area (Å²) in [6.45, 7) is 2.13. The Morgan fingerprint density at radius 3 is 2.50 bits per heavy atom. The lowest BCUT2D eigenvalue weighted by Gasteiger charge is -2.15. The number of nitrogens with one attached hydrogen (secondary N) is 1. The minimum Gasteiger partial charge on any atom is -0.375 e. The van der Waals surface area contributed by atoms with Crippen LogP contribution >= 0.6 is 15.9 Å². The lowest BCUT2D eigenvalue weighted by molar-refractivity contribution is 0.734. The van der Waals surface area contributed by atoms with E-state index in [0.29, 0.717) is 0 Å². The molecule has 0 bridgehead atoms. The number of fused-ring (bicyclic) bond motifs is 1. The van der Waals surface area contributed by atoms with Gasteiger partial charge in [0.05, 0.1) is 17.1 Å². The second-order valence-electron chi connectivity index (χ2n) is 4.89. The minimum absolute atomic E-state index is 0.147. The fraction of sp³-hybridized carbons (Fsp3) is 0.188. The maximum absolute atomic E-state index is 4.72. The van der Waals surface area contributed by atoms with E-state index < -0.39 is 0 Å². The summed E-state index contributed by atoms with van der Waals surface area (Å²) < 4.78 is 3.23. The predicted molar refractivity (Wildman–Crippen MR) is 86.9 cm³/mol. The summed E-state index contributed by atoms with van der Waals surface area (Å²) in [6, 6.07) is 16.5. The molecule has 1 unspecified atom stereocenters. The number of anilines is 1. The van der Waals surface area contributed by atoms with Crippen molar-refractivity contribution in [1.82, 2.24) is 9.55 Å². The van der Waals surface area contributed by atoms with E-state index in [1.54, 1.807) is 0 Å². The number of aryl methyl sites for hydroxylation is 1. The number of benzene rings is 2. The Morgan fingerprint density at radius 2 is 1.80 bits per heavy atom. The van der Waals surface area contributed by atoms with Gasteiger partial charge in [-0.25, -0.2) is 4.98 Å². The van der Waals surface area contributed by atoms with Gasteiger partial charge in [-0.05, 0) is 43.3 Å². The zero-order valence-electron chi connectivity index (χ0n) is 11.5. The molecule has 2 aromatic carbocycles. The fourth-order valence-electron chi connectivity index (χ4n) is 2.41. The van der Waals surface area contributed by atoms with Crippen LogP contribution < -0.4 is 5.32 Å². The number of nitrogens with zero attached hydrogens (tertiary/aromatic N) is 2. The predicted octanol–water partition coefficient (Wildman–Crippen LogP) is 4.51. The van der Waals surface area contributed by atoms with E-state index in [-0.39, 0.29) is 6.04 Å². The van der Waals surface area contributed by atoms with Crippen LogP contribution in [0.5, 0.6) is 0 Å². The fourth-order valence-corrected chi connectivity index (χ4v) is 2.68. The van der Waals surface area contributed by atoms with Crippen molar-refractivity contribution in [3.8, 4) is 0 Å². The number of imidazole rings is 1. The zero-order valence-corrected chi connectivity index (χ0v) is 13.1. The molecule has 0 aliphatic rings. The Morgan fingerprint density at radius 1 is 1.10 bits per heavy atom. The molecular formula is C16H16BrN3. The summed E-state index contributed by atoms with van der Waals surface area (Å²) in [5.74, 6) is 1.04. The normalized spacial score (nSPS) is 12.6. The molecule has 0 radical (unpaired) electrons. The highest BCUT2D eigenvalue weighted by Gasteiger charge is 2.13. The van der Waals surface area contributed by atoms with Crippen molar-refractivity contribution in [2.45, 2.75) is 13.0 Å². The lowest BCUT2D eigenvalue weighted by atomic mass is 10.2. The summed E-state index contributed by atoms with van der Waals surface area (Å²) in [6.07, 6.45) is 0. The average Bonchev–Trinajstić information content (AvgIpc) is 2.79. The average molecular weight is 330 g/mol. The highest BCUT2D eigenvalue weighted by Crippen LogP contribution is 2.23. The molecule has 1 N–H and O–H groups in total. The molecule has 3 aromatic rings. The van der Waals surface area contributed by atoms with E-state index in [1.807, 2.05) is 30.3 Å². The van der Waals surface area contributed by atoms with E-state index >= 15 is 0 Å². The second-order valence-corrected chi connectivity index (χ2v) is 5.81. The maximum Gasteiger partial charge on any atom is 0.131 e. The molecule has 20 heavy (non-hydrogen) atoms. The summed E-state index contributed by atoms with van der Waals surface area (Å²) in [5, 5.41) is 3.48. The van der Waals surface area contributed by atoms with Crippen LogP contribution in [0.1, 0.15) is 18.8 Å². The molecule has 0 aliphatic heterocycles.